The molecular weight excluding hydrogens is 274 g/mol. The Morgan fingerprint density at radius 2 is 0.867 bits per heavy atom. The topological polar surface area (TPSA) is 0 Å². The Kier molecular flexibility index (Phi) is 6.08. The zero-order chi connectivity index (χ0) is 9.64. The van der Waals surface area contributed by atoms with E-state index in [-0.39, 0.29) is 19.5 Å². The van der Waals surface area contributed by atoms with E-state index < -0.39 is 0 Å². The van der Waals surface area contributed by atoms with E-state index >= 15 is 0 Å². The van der Waals surface area contributed by atoms with Crippen LogP contribution in [-0.4, -0.2) is 0 Å². The average molecular weight is 284 g/mol. The third kappa shape index (κ3) is 4.42. The first-order valence-electron chi connectivity index (χ1n) is 4.40. The van der Waals surface area contributed by atoms with Gasteiger partial charge in [-0.2, -0.15) is 0 Å². The fraction of sp³-hybridized carbons (Fsp3) is 0. The minimum atomic E-state index is 0. The molecule has 0 unspecified atom stereocenters. The van der Waals surface area contributed by atoms with Crippen LogP contribution in [0.5, 0.6) is 0 Å². The molecular formula is C12H10S2Zn. The van der Waals surface area contributed by atoms with Crippen molar-refractivity contribution in [2.75, 3.05) is 0 Å². The van der Waals surface area contributed by atoms with Crippen LogP contribution >= 0.6 is 21.6 Å². The molecule has 0 radical (unpaired) electrons. The Balaban J connectivity index is 0.00000112. The minimum absolute atomic E-state index is 0. The van der Waals surface area contributed by atoms with Gasteiger partial charge in [0, 0.05) is 29.3 Å². The van der Waals surface area contributed by atoms with Crippen LogP contribution in [0.3, 0.4) is 0 Å². The molecule has 0 aliphatic rings. The summed E-state index contributed by atoms with van der Waals surface area (Å²) in [6, 6.07) is 20.8. The smallest absolute Gasteiger partial charge is 0.0186 e. The predicted octanol–water partition coefficient (Wildman–Crippen LogP) is 4.48. The number of rotatable bonds is 3. The zero-order valence-electron chi connectivity index (χ0n) is 8.30. The van der Waals surface area contributed by atoms with Crippen molar-refractivity contribution in [2.45, 2.75) is 9.79 Å². The third-order valence-corrected chi connectivity index (χ3v) is 4.14. The van der Waals surface area contributed by atoms with Crippen molar-refractivity contribution in [1.29, 1.82) is 0 Å². The van der Waals surface area contributed by atoms with Gasteiger partial charge in [-0.15, -0.1) is 0 Å². The van der Waals surface area contributed by atoms with Gasteiger partial charge in [0.25, 0.3) is 0 Å². The van der Waals surface area contributed by atoms with E-state index in [1.807, 2.05) is 12.1 Å². The van der Waals surface area contributed by atoms with Crippen LogP contribution in [0.2, 0.25) is 0 Å². The van der Waals surface area contributed by atoms with Gasteiger partial charge in [-0.25, -0.2) is 0 Å². The molecule has 72 valence electrons. The summed E-state index contributed by atoms with van der Waals surface area (Å²) in [6.45, 7) is 0. The van der Waals surface area contributed by atoms with Crippen LogP contribution < -0.4 is 0 Å². The van der Waals surface area contributed by atoms with Gasteiger partial charge in [0.2, 0.25) is 0 Å². The molecule has 15 heavy (non-hydrogen) atoms. The van der Waals surface area contributed by atoms with Crippen molar-refractivity contribution in [3.63, 3.8) is 0 Å². The van der Waals surface area contributed by atoms with Crippen molar-refractivity contribution in [2.24, 2.45) is 0 Å². The van der Waals surface area contributed by atoms with Gasteiger partial charge in [-0.3, -0.25) is 0 Å². The van der Waals surface area contributed by atoms with E-state index in [1.165, 1.54) is 9.79 Å². The maximum atomic E-state index is 2.13. The van der Waals surface area contributed by atoms with Gasteiger partial charge in [0.05, 0.1) is 0 Å². The molecule has 0 amide bonds. The molecule has 2 rings (SSSR count). The summed E-state index contributed by atoms with van der Waals surface area (Å²) in [5.74, 6) is 0. The molecule has 0 spiro atoms. The minimum Gasteiger partial charge on any atom is -0.0622 e. The molecule has 0 aliphatic heterocycles. The first-order valence-corrected chi connectivity index (χ1v) is 6.55. The molecule has 2 aromatic rings. The van der Waals surface area contributed by atoms with Crippen LogP contribution in [0.25, 0.3) is 0 Å². The maximum absolute atomic E-state index is 2.13. The number of hydrogen-bond acceptors (Lipinski definition) is 2. The summed E-state index contributed by atoms with van der Waals surface area (Å²) in [5, 5.41) is 0. The van der Waals surface area contributed by atoms with Gasteiger partial charge in [-0.05, 0) is 24.3 Å². The van der Waals surface area contributed by atoms with Gasteiger partial charge in [-0.1, -0.05) is 58.0 Å². The van der Waals surface area contributed by atoms with Gasteiger partial charge in [0.15, 0.2) is 0 Å². The molecule has 0 aliphatic carbocycles. The van der Waals surface area contributed by atoms with Crippen LogP contribution in [0.4, 0.5) is 0 Å². The first kappa shape index (κ1) is 12.8. The fourth-order valence-electron chi connectivity index (χ4n) is 1.05. The fourth-order valence-corrected chi connectivity index (χ4v) is 3.02. The summed E-state index contributed by atoms with van der Waals surface area (Å²) in [7, 11) is 3.58. The number of hydrogen-bond donors (Lipinski definition) is 0. The average Bonchev–Trinajstić information content (AvgIpc) is 2.29. The summed E-state index contributed by atoms with van der Waals surface area (Å²) in [6.07, 6.45) is 0. The second kappa shape index (κ2) is 7.11. The SMILES string of the molecule is [Zn].c1ccc(SSc2ccccc2)cc1. The van der Waals surface area contributed by atoms with E-state index in [9.17, 15) is 0 Å². The maximum Gasteiger partial charge on any atom is 0.0186 e. The van der Waals surface area contributed by atoms with Crippen molar-refractivity contribution in [3.8, 4) is 0 Å². The van der Waals surface area contributed by atoms with Crippen molar-refractivity contribution in [1.82, 2.24) is 0 Å². The molecule has 0 N–H and O–H groups in total. The van der Waals surface area contributed by atoms with Gasteiger partial charge >= 0.3 is 0 Å². The molecule has 0 bridgehead atoms. The molecule has 2 aromatic carbocycles. The number of benzene rings is 2. The molecule has 3 heteroatoms. The van der Waals surface area contributed by atoms with E-state index in [2.05, 4.69) is 48.5 Å². The summed E-state index contributed by atoms with van der Waals surface area (Å²) >= 11 is 0. The summed E-state index contributed by atoms with van der Waals surface area (Å²) in [4.78, 5) is 2.59. The summed E-state index contributed by atoms with van der Waals surface area (Å²) in [5.41, 5.74) is 0. The Morgan fingerprint density at radius 1 is 0.533 bits per heavy atom. The normalized spacial score (nSPS) is 9.33. The Hall–Kier alpha value is -0.237. The first-order chi connectivity index (χ1) is 6.95. The molecule has 0 heterocycles. The summed E-state index contributed by atoms with van der Waals surface area (Å²) < 4.78 is 0. The predicted molar refractivity (Wildman–Crippen MR) is 64.6 cm³/mol. The molecule has 0 aromatic heterocycles. The van der Waals surface area contributed by atoms with Crippen molar-refractivity contribution in [3.05, 3.63) is 60.7 Å². The quantitative estimate of drug-likeness (QED) is 0.601. The standard InChI is InChI=1S/C12H10S2.Zn/c1-3-7-11(8-4-1)13-14-12-9-5-2-6-10-12;/h1-10H;. The molecule has 0 fully saturated rings. The largest absolute Gasteiger partial charge is 0.0622 e. The molecule has 0 nitrogen and oxygen atoms in total. The van der Waals surface area contributed by atoms with Crippen LogP contribution in [0, 0.1) is 0 Å². The van der Waals surface area contributed by atoms with E-state index in [4.69, 9.17) is 0 Å². The van der Waals surface area contributed by atoms with Gasteiger partial charge in [0.1, 0.15) is 0 Å². The van der Waals surface area contributed by atoms with Crippen molar-refractivity contribution < 1.29 is 19.5 Å². The van der Waals surface area contributed by atoms with Gasteiger partial charge < -0.3 is 0 Å². The van der Waals surface area contributed by atoms with E-state index in [1.54, 1.807) is 21.6 Å². The molecule has 0 saturated carbocycles. The Labute approximate surface area is 111 Å². The second-order valence-electron chi connectivity index (χ2n) is 2.79. The van der Waals surface area contributed by atoms with Crippen LogP contribution in [0.15, 0.2) is 70.5 Å². The monoisotopic (exact) mass is 282 g/mol. The van der Waals surface area contributed by atoms with Crippen molar-refractivity contribution >= 4 is 21.6 Å². The molecule has 0 atom stereocenters. The molecule has 0 saturated heterocycles. The van der Waals surface area contributed by atoms with Crippen LogP contribution in [0.1, 0.15) is 0 Å². The van der Waals surface area contributed by atoms with Crippen LogP contribution in [-0.2, 0) is 19.5 Å². The second-order valence-corrected chi connectivity index (χ2v) is 5.07. The third-order valence-electron chi connectivity index (χ3n) is 1.72. The zero-order valence-corrected chi connectivity index (χ0v) is 12.9. The van der Waals surface area contributed by atoms with E-state index in [0.717, 1.165) is 0 Å². The Morgan fingerprint density at radius 3 is 1.20 bits per heavy atom. The Bertz CT molecular complexity index is 336. The van der Waals surface area contributed by atoms with E-state index in [0.29, 0.717) is 0 Å².